The van der Waals surface area contributed by atoms with Crippen molar-refractivity contribution in [1.29, 1.82) is 0 Å². The molecule has 0 bridgehead atoms. The van der Waals surface area contributed by atoms with E-state index in [1.54, 1.807) is 30.7 Å². The molecule has 0 N–H and O–H groups in total. The number of para-hydroxylation sites is 1. The first-order valence-corrected chi connectivity index (χ1v) is 16.1. The number of halogens is 1. The summed E-state index contributed by atoms with van der Waals surface area (Å²) in [5.41, 5.74) is 3.59. The van der Waals surface area contributed by atoms with E-state index >= 15 is 0 Å². The van der Waals surface area contributed by atoms with Crippen molar-refractivity contribution in [3.05, 3.63) is 76.4 Å². The maximum Gasteiger partial charge on any atom is 0.310 e. The molecule has 43 heavy (non-hydrogen) atoms. The highest BCUT2D eigenvalue weighted by Gasteiger charge is 2.30. The standard InChI is InChI=1S/C32H38ClN5O4S/c1-3-42-31(40)25-7-6-14-38(20-25)30(39)24-12-10-23(11-13-24)22-43-32-34-26(21-41-2)19-29(35-32)37-17-15-36(16-18-37)28-9-5-4-8-27(28)33/h4-5,8-13,19,25H,3,6-7,14-18,20-22H2,1-2H3/t25-/m0/s1. The van der Waals surface area contributed by atoms with Crippen LogP contribution in [0.2, 0.25) is 5.02 Å². The molecule has 2 saturated heterocycles. The van der Waals surface area contributed by atoms with Crippen molar-refractivity contribution in [3.8, 4) is 0 Å². The lowest BCUT2D eigenvalue weighted by Crippen LogP contribution is -2.47. The lowest BCUT2D eigenvalue weighted by molar-refractivity contribution is -0.149. The molecule has 0 aliphatic carbocycles. The molecule has 3 aromatic rings. The molecule has 1 atom stereocenters. The average molecular weight is 624 g/mol. The zero-order chi connectivity index (χ0) is 30.2. The SMILES string of the molecule is CCOC(=O)[C@H]1CCCN(C(=O)c2ccc(CSc3nc(COC)cc(N4CCN(c5ccccc5Cl)CC4)n3)cc2)C1. The number of hydrogen-bond acceptors (Lipinski definition) is 9. The molecule has 5 rings (SSSR count). The largest absolute Gasteiger partial charge is 0.466 e. The smallest absolute Gasteiger partial charge is 0.310 e. The summed E-state index contributed by atoms with van der Waals surface area (Å²) in [6.07, 6.45) is 1.55. The molecule has 9 nitrogen and oxygen atoms in total. The van der Waals surface area contributed by atoms with E-state index in [0.717, 1.165) is 66.8 Å². The van der Waals surface area contributed by atoms with Crippen molar-refractivity contribution < 1.29 is 19.1 Å². The fraction of sp³-hybridized carbons (Fsp3) is 0.438. The second kappa shape index (κ2) is 14.9. The number of nitrogens with zero attached hydrogens (tertiary/aromatic N) is 5. The molecule has 1 aromatic heterocycles. The van der Waals surface area contributed by atoms with Gasteiger partial charge in [0.05, 0.1) is 35.5 Å². The first kappa shape index (κ1) is 31.1. The van der Waals surface area contributed by atoms with E-state index in [-0.39, 0.29) is 17.8 Å². The van der Waals surface area contributed by atoms with Crippen LogP contribution >= 0.6 is 23.4 Å². The Balaban J connectivity index is 1.19. The van der Waals surface area contributed by atoms with E-state index in [4.69, 9.17) is 31.0 Å². The van der Waals surface area contributed by atoms with Crippen LogP contribution < -0.4 is 9.80 Å². The first-order valence-electron chi connectivity index (χ1n) is 14.7. The number of aromatic nitrogens is 2. The molecule has 0 unspecified atom stereocenters. The predicted octanol–water partition coefficient (Wildman–Crippen LogP) is 5.31. The van der Waals surface area contributed by atoms with E-state index in [0.29, 0.717) is 42.8 Å². The van der Waals surface area contributed by atoms with Crippen LogP contribution in [0.1, 0.15) is 41.4 Å². The Hall–Kier alpha value is -3.34. The van der Waals surface area contributed by atoms with Gasteiger partial charge < -0.3 is 24.2 Å². The minimum Gasteiger partial charge on any atom is -0.466 e. The highest BCUT2D eigenvalue weighted by molar-refractivity contribution is 7.98. The summed E-state index contributed by atoms with van der Waals surface area (Å²) < 4.78 is 10.6. The number of thioether (sulfide) groups is 1. The van der Waals surface area contributed by atoms with Crippen LogP contribution in [-0.2, 0) is 26.6 Å². The van der Waals surface area contributed by atoms with Gasteiger partial charge in [-0.25, -0.2) is 9.97 Å². The molecule has 228 valence electrons. The number of likely N-dealkylation sites (tertiary alicyclic amines) is 1. The van der Waals surface area contributed by atoms with Crippen molar-refractivity contribution in [2.75, 3.05) is 62.8 Å². The van der Waals surface area contributed by atoms with E-state index in [1.165, 1.54) is 0 Å². The molecule has 2 aliphatic rings. The van der Waals surface area contributed by atoms with Crippen molar-refractivity contribution in [2.45, 2.75) is 37.3 Å². The van der Waals surface area contributed by atoms with Gasteiger partial charge in [-0.15, -0.1) is 0 Å². The molecule has 2 aliphatic heterocycles. The summed E-state index contributed by atoms with van der Waals surface area (Å²) in [4.78, 5) is 41.3. The van der Waals surface area contributed by atoms with Crippen LogP contribution in [0.3, 0.4) is 0 Å². The van der Waals surface area contributed by atoms with Gasteiger partial charge in [-0.2, -0.15) is 0 Å². The minimum atomic E-state index is -0.252. The Morgan fingerprint density at radius 2 is 1.74 bits per heavy atom. The summed E-state index contributed by atoms with van der Waals surface area (Å²) >= 11 is 7.99. The minimum absolute atomic E-state index is 0.0527. The van der Waals surface area contributed by atoms with Crippen LogP contribution in [0.5, 0.6) is 0 Å². The Kier molecular flexibility index (Phi) is 10.8. The molecular formula is C32H38ClN5O4S. The zero-order valence-electron chi connectivity index (χ0n) is 24.7. The van der Waals surface area contributed by atoms with Gasteiger partial charge in [0.1, 0.15) is 5.82 Å². The predicted molar refractivity (Wildman–Crippen MR) is 170 cm³/mol. The Morgan fingerprint density at radius 3 is 2.47 bits per heavy atom. The van der Waals surface area contributed by atoms with E-state index in [1.807, 2.05) is 48.5 Å². The fourth-order valence-corrected chi connectivity index (χ4v) is 6.56. The number of benzene rings is 2. The van der Waals surface area contributed by atoms with Gasteiger partial charge >= 0.3 is 5.97 Å². The average Bonchev–Trinajstić information content (AvgIpc) is 3.04. The summed E-state index contributed by atoms with van der Waals surface area (Å²) in [5, 5.41) is 1.46. The van der Waals surface area contributed by atoms with Crippen molar-refractivity contribution >= 4 is 46.7 Å². The monoisotopic (exact) mass is 623 g/mol. The highest BCUT2D eigenvalue weighted by atomic mass is 35.5. The second-order valence-corrected chi connectivity index (χ2v) is 12.0. The molecule has 3 heterocycles. The lowest BCUT2D eigenvalue weighted by Gasteiger charge is -2.37. The number of rotatable bonds is 10. The Morgan fingerprint density at radius 1 is 1.00 bits per heavy atom. The van der Waals surface area contributed by atoms with Gasteiger partial charge in [-0.3, -0.25) is 9.59 Å². The fourth-order valence-electron chi connectivity index (χ4n) is 5.48. The van der Waals surface area contributed by atoms with Gasteiger partial charge in [0, 0.05) is 63.8 Å². The quantitative estimate of drug-likeness (QED) is 0.169. The Bertz CT molecular complexity index is 1400. The van der Waals surface area contributed by atoms with Crippen molar-refractivity contribution in [3.63, 3.8) is 0 Å². The van der Waals surface area contributed by atoms with Crippen molar-refractivity contribution in [2.24, 2.45) is 5.92 Å². The Labute approximate surface area is 262 Å². The molecule has 0 radical (unpaired) electrons. The zero-order valence-corrected chi connectivity index (χ0v) is 26.3. The van der Waals surface area contributed by atoms with Crippen LogP contribution in [0.25, 0.3) is 0 Å². The molecule has 2 aromatic carbocycles. The summed E-state index contributed by atoms with van der Waals surface area (Å²) in [5.74, 6) is 1.04. The number of carbonyl (C=O) groups excluding carboxylic acids is 2. The first-order chi connectivity index (χ1) is 20.9. The number of methoxy groups -OCH3 is 1. The molecule has 0 saturated carbocycles. The van der Waals surface area contributed by atoms with Gasteiger partial charge in [-0.05, 0) is 49.6 Å². The van der Waals surface area contributed by atoms with Crippen LogP contribution in [0, 0.1) is 5.92 Å². The number of carbonyl (C=O) groups is 2. The lowest BCUT2D eigenvalue weighted by atomic mass is 9.97. The number of amides is 1. The van der Waals surface area contributed by atoms with Gasteiger partial charge in [0.2, 0.25) is 0 Å². The number of piperazine rings is 1. The number of ether oxygens (including phenoxy) is 2. The molecule has 1 amide bonds. The molecule has 2 fully saturated rings. The maximum absolute atomic E-state index is 13.1. The maximum atomic E-state index is 13.1. The number of esters is 1. The van der Waals surface area contributed by atoms with Gasteiger partial charge in [0.25, 0.3) is 5.91 Å². The third kappa shape index (κ3) is 7.99. The topological polar surface area (TPSA) is 88.1 Å². The van der Waals surface area contributed by atoms with Crippen LogP contribution in [0.4, 0.5) is 11.5 Å². The second-order valence-electron chi connectivity index (χ2n) is 10.7. The molecule has 0 spiro atoms. The third-order valence-corrected chi connectivity index (χ3v) is 8.97. The van der Waals surface area contributed by atoms with E-state index < -0.39 is 0 Å². The number of anilines is 2. The van der Waals surface area contributed by atoms with Crippen LogP contribution in [-0.4, -0.2) is 79.7 Å². The molecule has 11 heteroatoms. The summed E-state index contributed by atoms with van der Waals surface area (Å²) in [6, 6.07) is 17.6. The van der Waals surface area contributed by atoms with Gasteiger partial charge in [-0.1, -0.05) is 47.6 Å². The third-order valence-electron chi connectivity index (χ3n) is 7.73. The van der Waals surface area contributed by atoms with Crippen LogP contribution in [0.15, 0.2) is 59.8 Å². The summed E-state index contributed by atoms with van der Waals surface area (Å²) in [6.45, 7) is 6.97. The number of piperidine rings is 1. The molecular weight excluding hydrogens is 586 g/mol. The van der Waals surface area contributed by atoms with E-state index in [2.05, 4.69) is 15.9 Å². The summed E-state index contributed by atoms with van der Waals surface area (Å²) in [7, 11) is 1.67. The number of hydrogen-bond donors (Lipinski definition) is 0. The van der Waals surface area contributed by atoms with Gasteiger partial charge in [0.15, 0.2) is 5.16 Å². The highest BCUT2D eigenvalue weighted by Crippen LogP contribution is 2.28. The normalized spacial score (nSPS) is 17.2. The van der Waals surface area contributed by atoms with Crippen molar-refractivity contribution in [1.82, 2.24) is 14.9 Å². The van der Waals surface area contributed by atoms with E-state index in [9.17, 15) is 9.59 Å².